The molecule has 0 radical (unpaired) electrons. The second-order valence-corrected chi connectivity index (χ2v) is 4.30. The van der Waals surface area contributed by atoms with E-state index in [0.717, 1.165) is 28.1 Å². The highest BCUT2D eigenvalue weighted by atomic mass is 16.5. The number of ether oxygens (including phenoxy) is 1. The number of nitriles is 1. The van der Waals surface area contributed by atoms with E-state index in [1.165, 1.54) is 0 Å². The van der Waals surface area contributed by atoms with Crippen LogP contribution in [0.4, 0.5) is 5.82 Å². The van der Waals surface area contributed by atoms with Crippen molar-refractivity contribution >= 4 is 5.82 Å². The Kier molecular flexibility index (Phi) is 3.39. The van der Waals surface area contributed by atoms with E-state index in [1.807, 2.05) is 38.1 Å². The van der Waals surface area contributed by atoms with Gasteiger partial charge in [0.15, 0.2) is 0 Å². The minimum Gasteiger partial charge on any atom is -0.497 e. The van der Waals surface area contributed by atoms with Crippen molar-refractivity contribution in [3.05, 3.63) is 41.1 Å². The maximum atomic E-state index is 9.30. The van der Waals surface area contributed by atoms with Gasteiger partial charge in [0.2, 0.25) is 0 Å². The van der Waals surface area contributed by atoms with Crippen LogP contribution in [0.5, 0.6) is 5.75 Å². The summed E-state index contributed by atoms with van der Waals surface area (Å²) in [6, 6.07) is 9.72. The molecular weight excluding hydrogens is 238 g/mol. The Bertz CT molecular complexity index is 672. The lowest BCUT2D eigenvalue weighted by molar-refractivity contribution is 0.415. The molecule has 0 unspecified atom stereocenters. The predicted molar refractivity (Wildman–Crippen MR) is 74.8 cm³/mol. The Morgan fingerprint density at radius 3 is 2.68 bits per heavy atom. The van der Waals surface area contributed by atoms with Crippen LogP contribution in [0.15, 0.2) is 24.3 Å². The molecule has 0 saturated carbocycles. The van der Waals surface area contributed by atoms with Crippen molar-refractivity contribution in [1.82, 2.24) is 4.98 Å². The van der Waals surface area contributed by atoms with Crippen molar-refractivity contribution in [3.8, 4) is 22.9 Å². The number of pyridine rings is 1. The molecule has 0 aliphatic rings. The number of nitrogens with zero attached hydrogens (tertiary/aromatic N) is 2. The van der Waals surface area contributed by atoms with Gasteiger partial charge in [0, 0.05) is 11.3 Å². The van der Waals surface area contributed by atoms with Crippen LogP contribution < -0.4 is 10.5 Å². The van der Waals surface area contributed by atoms with Crippen LogP contribution in [0.1, 0.15) is 16.8 Å². The normalized spacial score (nSPS) is 10.0. The zero-order valence-corrected chi connectivity index (χ0v) is 11.2. The lowest BCUT2D eigenvalue weighted by atomic mass is 9.95. The lowest BCUT2D eigenvalue weighted by Gasteiger charge is -2.13. The van der Waals surface area contributed by atoms with E-state index in [9.17, 15) is 5.26 Å². The first-order valence-electron chi connectivity index (χ1n) is 5.89. The monoisotopic (exact) mass is 253 g/mol. The van der Waals surface area contributed by atoms with Crippen LogP contribution >= 0.6 is 0 Å². The molecule has 1 heterocycles. The summed E-state index contributed by atoms with van der Waals surface area (Å²) in [7, 11) is 1.61. The molecule has 0 aliphatic carbocycles. The molecule has 1 aromatic carbocycles. The Labute approximate surface area is 112 Å². The van der Waals surface area contributed by atoms with Gasteiger partial charge < -0.3 is 10.5 Å². The van der Waals surface area contributed by atoms with Gasteiger partial charge in [-0.15, -0.1) is 0 Å². The van der Waals surface area contributed by atoms with E-state index in [1.54, 1.807) is 7.11 Å². The Hall–Kier alpha value is -2.54. The summed E-state index contributed by atoms with van der Waals surface area (Å²) in [6.07, 6.45) is 0. The first-order chi connectivity index (χ1) is 9.08. The van der Waals surface area contributed by atoms with Gasteiger partial charge in [-0.3, -0.25) is 0 Å². The topological polar surface area (TPSA) is 71.9 Å². The van der Waals surface area contributed by atoms with Gasteiger partial charge in [0.1, 0.15) is 23.2 Å². The number of hydrogen-bond acceptors (Lipinski definition) is 4. The van der Waals surface area contributed by atoms with Crippen molar-refractivity contribution in [2.24, 2.45) is 0 Å². The molecule has 0 amide bonds. The molecule has 96 valence electrons. The van der Waals surface area contributed by atoms with Crippen LogP contribution in [-0.2, 0) is 0 Å². The summed E-state index contributed by atoms with van der Waals surface area (Å²) in [5, 5.41) is 9.30. The predicted octanol–water partition coefficient (Wildman–Crippen LogP) is 2.83. The molecule has 2 aromatic rings. The van der Waals surface area contributed by atoms with E-state index in [-0.39, 0.29) is 5.82 Å². The van der Waals surface area contributed by atoms with Gasteiger partial charge in [-0.05, 0) is 37.1 Å². The largest absolute Gasteiger partial charge is 0.497 e. The number of hydrogen-bond donors (Lipinski definition) is 1. The first-order valence-corrected chi connectivity index (χ1v) is 5.89. The Balaban J connectivity index is 2.77. The number of rotatable bonds is 2. The minimum absolute atomic E-state index is 0.267. The Morgan fingerprint density at radius 1 is 1.32 bits per heavy atom. The number of aryl methyl sites for hydroxylation is 1. The van der Waals surface area contributed by atoms with Crippen molar-refractivity contribution in [3.63, 3.8) is 0 Å². The maximum Gasteiger partial charge on any atom is 0.142 e. The highest BCUT2D eigenvalue weighted by Crippen LogP contribution is 2.33. The number of nitrogens with two attached hydrogens (primary N) is 1. The van der Waals surface area contributed by atoms with E-state index in [4.69, 9.17) is 10.5 Å². The highest BCUT2D eigenvalue weighted by molar-refractivity contribution is 5.79. The summed E-state index contributed by atoms with van der Waals surface area (Å²) < 4.78 is 5.22. The van der Waals surface area contributed by atoms with Crippen LogP contribution in [0.25, 0.3) is 11.1 Å². The van der Waals surface area contributed by atoms with E-state index < -0.39 is 0 Å². The summed E-state index contributed by atoms with van der Waals surface area (Å²) in [6.45, 7) is 3.83. The molecule has 4 nitrogen and oxygen atoms in total. The number of anilines is 1. The smallest absolute Gasteiger partial charge is 0.142 e. The summed E-state index contributed by atoms with van der Waals surface area (Å²) in [4.78, 5) is 4.20. The molecule has 1 aromatic heterocycles. The number of benzene rings is 1. The first kappa shape index (κ1) is 12.9. The molecule has 0 atom stereocenters. The van der Waals surface area contributed by atoms with Gasteiger partial charge >= 0.3 is 0 Å². The fraction of sp³-hybridized carbons (Fsp3) is 0.200. The zero-order chi connectivity index (χ0) is 14.0. The third kappa shape index (κ3) is 2.23. The molecular formula is C15H15N3O. The summed E-state index contributed by atoms with van der Waals surface area (Å²) in [5.74, 6) is 1.01. The molecule has 2 rings (SSSR count). The van der Waals surface area contributed by atoms with Crippen LogP contribution in [0.2, 0.25) is 0 Å². The van der Waals surface area contributed by atoms with Crippen LogP contribution in [0.3, 0.4) is 0 Å². The maximum absolute atomic E-state index is 9.30. The molecule has 2 N–H and O–H groups in total. The Morgan fingerprint density at radius 2 is 2.05 bits per heavy atom. The van der Waals surface area contributed by atoms with E-state index >= 15 is 0 Å². The van der Waals surface area contributed by atoms with Gasteiger partial charge in [-0.2, -0.15) is 5.26 Å². The van der Waals surface area contributed by atoms with Crippen LogP contribution in [-0.4, -0.2) is 12.1 Å². The summed E-state index contributed by atoms with van der Waals surface area (Å²) >= 11 is 0. The van der Waals surface area contributed by atoms with E-state index in [0.29, 0.717) is 5.56 Å². The SMILES string of the molecule is COc1cccc(-c2c(C)c(C)nc(N)c2C#N)c1. The molecule has 0 aliphatic heterocycles. The standard InChI is InChI=1S/C15H15N3O/c1-9-10(2)18-15(17)13(8-16)14(9)11-5-4-6-12(7-11)19-3/h4-7H,1-3H3,(H2,17,18). The molecule has 0 bridgehead atoms. The van der Waals surface area contributed by atoms with E-state index in [2.05, 4.69) is 11.1 Å². The van der Waals surface area contributed by atoms with Crippen molar-refractivity contribution in [1.29, 1.82) is 5.26 Å². The molecule has 19 heavy (non-hydrogen) atoms. The quantitative estimate of drug-likeness (QED) is 0.893. The number of methoxy groups -OCH3 is 1. The lowest BCUT2D eigenvalue weighted by Crippen LogP contribution is -2.03. The van der Waals surface area contributed by atoms with Crippen molar-refractivity contribution < 1.29 is 4.74 Å². The fourth-order valence-corrected chi connectivity index (χ4v) is 2.07. The second-order valence-electron chi connectivity index (χ2n) is 4.30. The molecule has 0 fully saturated rings. The molecule has 0 saturated heterocycles. The number of nitrogen functional groups attached to an aromatic ring is 1. The van der Waals surface area contributed by atoms with Crippen molar-refractivity contribution in [2.45, 2.75) is 13.8 Å². The highest BCUT2D eigenvalue weighted by Gasteiger charge is 2.15. The molecule has 4 heteroatoms. The van der Waals surface area contributed by atoms with Gasteiger partial charge in [0.05, 0.1) is 7.11 Å². The minimum atomic E-state index is 0.267. The van der Waals surface area contributed by atoms with Gasteiger partial charge in [-0.1, -0.05) is 12.1 Å². The number of aromatic nitrogens is 1. The third-order valence-corrected chi connectivity index (χ3v) is 3.18. The average Bonchev–Trinajstić information content (AvgIpc) is 2.42. The van der Waals surface area contributed by atoms with Crippen molar-refractivity contribution in [2.75, 3.05) is 12.8 Å². The van der Waals surface area contributed by atoms with Crippen LogP contribution in [0, 0.1) is 25.2 Å². The third-order valence-electron chi connectivity index (χ3n) is 3.18. The van der Waals surface area contributed by atoms with Gasteiger partial charge in [-0.25, -0.2) is 4.98 Å². The second kappa shape index (κ2) is 4.99. The summed E-state index contributed by atoms with van der Waals surface area (Å²) in [5.41, 5.74) is 9.78. The fourth-order valence-electron chi connectivity index (χ4n) is 2.07. The zero-order valence-electron chi connectivity index (χ0n) is 11.2. The van der Waals surface area contributed by atoms with Gasteiger partial charge in [0.25, 0.3) is 0 Å². The average molecular weight is 253 g/mol. The molecule has 0 spiro atoms.